The molecule has 3 aromatic carbocycles. The minimum atomic E-state index is -0.475. The van der Waals surface area contributed by atoms with Crippen molar-refractivity contribution >= 4 is 46.6 Å². The van der Waals surface area contributed by atoms with Crippen LogP contribution >= 0.6 is 23.4 Å². The first-order valence-corrected chi connectivity index (χ1v) is 11.0. The molecule has 0 spiro atoms. The van der Waals surface area contributed by atoms with Gasteiger partial charge in [0, 0.05) is 16.5 Å². The average Bonchev–Trinajstić information content (AvgIpc) is 3.60. The minimum absolute atomic E-state index is 0.0632. The summed E-state index contributed by atoms with van der Waals surface area (Å²) in [5, 5.41) is 5.92. The number of hydrogen-bond acceptors (Lipinski definition) is 3. The van der Waals surface area contributed by atoms with E-state index in [4.69, 9.17) is 11.6 Å². The van der Waals surface area contributed by atoms with Gasteiger partial charge in [0.1, 0.15) is 5.25 Å². The van der Waals surface area contributed by atoms with E-state index in [1.54, 1.807) is 12.1 Å². The Labute approximate surface area is 185 Å². The predicted molar refractivity (Wildman–Crippen MR) is 123 cm³/mol. The SMILES string of the molecule is O=C(Nc1cccc(SC(C(=O)Nc2ccccc2Cl)c2ccccc2)c1)C1CC1. The monoisotopic (exact) mass is 436 g/mol. The normalized spacial score (nSPS) is 14.0. The number of amides is 2. The minimum Gasteiger partial charge on any atom is -0.326 e. The van der Waals surface area contributed by atoms with E-state index >= 15 is 0 Å². The molecule has 1 saturated carbocycles. The van der Waals surface area contributed by atoms with Crippen molar-refractivity contribution in [2.45, 2.75) is 23.0 Å². The third-order valence-corrected chi connectivity index (χ3v) is 6.35. The zero-order valence-electron chi connectivity index (χ0n) is 16.2. The van der Waals surface area contributed by atoms with Gasteiger partial charge in [0.2, 0.25) is 11.8 Å². The molecule has 1 atom stereocenters. The molecule has 152 valence electrons. The van der Waals surface area contributed by atoms with Crippen LogP contribution in [-0.4, -0.2) is 11.8 Å². The number of anilines is 2. The van der Waals surface area contributed by atoms with Crippen molar-refractivity contribution in [2.24, 2.45) is 5.92 Å². The highest BCUT2D eigenvalue weighted by Gasteiger charge is 2.29. The van der Waals surface area contributed by atoms with Crippen molar-refractivity contribution in [3.8, 4) is 0 Å². The van der Waals surface area contributed by atoms with Crippen molar-refractivity contribution in [1.29, 1.82) is 0 Å². The number of rotatable bonds is 7. The smallest absolute Gasteiger partial charge is 0.242 e. The summed E-state index contributed by atoms with van der Waals surface area (Å²) in [4.78, 5) is 26.1. The first kappa shape index (κ1) is 20.5. The van der Waals surface area contributed by atoms with Gasteiger partial charge in [-0.1, -0.05) is 60.1 Å². The van der Waals surface area contributed by atoms with Gasteiger partial charge < -0.3 is 10.6 Å². The Balaban J connectivity index is 1.55. The lowest BCUT2D eigenvalue weighted by molar-refractivity contribution is -0.117. The van der Waals surface area contributed by atoms with Crippen LogP contribution in [0.3, 0.4) is 0 Å². The van der Waals surface area contributed by atoms with Crippen LogP contribution in [0.2, 0.25) is 5.02 Å². The van der Waals surface area contributed by atoms with Gasteiger partial charge in [-0.05, 0) is 48.7 Å². The zero-order valence-corrected chi connectivity index (χ0v) is 17.7. The van der Waals surface area contributed by atoms with Crippen LogP contribution in [0.1, 0.15) is 23.7 Å². The molecule has 0 bridgehead atoms. The highest BCUT2D eigenvalue weighted by Crippen LogP contribution is 2.38. The molecule has 30 heavy (non-hydrogen) atoms. The van der Waals surface area contributed by atoms with Gasteiger partial charge in [-0.25, -0.2) is 0 Å². The van der Waals surface area contributed by atoms with E-state index in [0.29, 0.717) is 10.7 Å². The second kappa shape index (κ2) is 9.37. The molecule has 4 nitrogen and oxygen atoms in total. The third-order valence-electron chi connectivity index (χ3n) is 4.78. The fourth-order valence-electron chi connectivity index (χ4n) is 3.03. The van der Waals surface area contributed by atoms with E-state index in [2.05, 4.69) is 10.6 Å². The number of nitrogens with one attached hydrogen (secondary N) is 2. The topological polar surface area (TPSA) is 58.2 Å². The number of carbonyl (C=O) groups excluding carboxylic acids is 2. The standard InChI is InChI=1S/C24H21ClN2O2S/c25-20-11-4-5-12-21(20)27-24(29)22(16-7-2-1-3-8-16)30-19-10-6-9-18(15-19)26-23(28)17-13-14-17/h1-12,15,17,22H,13-14H2,(H,26,28)(H,27,29). The van der Waals surface area contributed by atoms with E-state index in [1.807, 2.05) is 66.7 Å². The third kappa shape index (κ3) is 5.23. The molecular formula is C24H21ClN2O2S. The number of para-hydroxylation sites is 1. The van der Waals surface area contributed by atoms with Gasteiger partial charge in [0.15, 0.2) is 0 Å². The zero-order chi connectivity index (χ0) is 20.9. The molecule has 2 N–H and O–H groups in total. The molecule has 0 aliphatic heterocycles. The van der Waals surface area contributed by atoms with Gasteiger partial charge in [-0.2, -0.15) is 0 Å². The van der Waals surface area contributed by atoms with Gasteiger partial charge in [0.05, 0.1) is 10.7 Å². The van der Waals surface area contributed by atoms with Crippen LogP contribution in [0.15, 0.2) is 83.8 Å². The molecule has 1 aliphatic carbocycles. The van der Waals surface area contributed by atoms with E-state index in [9.17, 15) is 9.59 Å². The van der Waals surface area contributed by atoms with E-state index in [0.717, 1.165) is 29.0 Å². The van der Waals surface area contributed by atoms with Crippen molar-refractivity contribution in [2.75, 3.05) is 10.6 Å². The number of halogens is 1. The fourth-order valence-corrected chi connectivity index (χ4v) is 4.30. The van der Waals surface area contributed by atoms with Crippen molar-refractivity contribution in [3.63, 3.8) is 0 Å². The van der Waals surface area contributed by atoms with Crippen LogP contribution in [0.5, 0.6) is 0 Å². The lowest BCUT2D eigenvalue weighted by atomic mass is 10.1. The van der Waals surface area contributed by atoms with E-state index < -0.39 is 5.25 Å². The second-order valence-electron chi connectivity index (χ2n) is 7.17. The first-order valence-electron chi connectivity index (χ1n) is 9.78. The molecule has 0 saturated heterocycles. The van der Waals surface area contributed by atoms with Gasteiger partial charge in [-0.15, -0.1) is 11.8 Å². The molecule has 1 fully saturated rings. The predicted octanol–water partition coefficient (Wildman–Crippen LogP) is 6.16. The second-order valence-corrected chi connectivity index (χ2v) is 8.75. The molecule has 4 rings (SSSR count). The summed E-state index contributed by atoms with van der Waals surface area (Å²) in [6.45, 7) is 0. The van der Waals surface area contributed by atoms with Crippen LogP contribution in [0.25, 0.3) is 0 Å². The number of hydrogen-bond donors (Lipinski definition) is 2. The Kier molecular flexibility index (Phi) is 6.41. The molecular weight excluding hydrogens is 416 g/mol. The summed E-state index contributed by atoms with van der Waals surface area (Å²) < 4.78 is 0. The van der Waals surface area contributed by atoms with Crippen molar-refractivity contribution < 1.29 is 9.59 Å². The molecule has 0 heterocycles. The molecule has 1 aliphatic rings. The summed E-state index contributed by atoms with van der Waals surface area (Å²) in [6.07, 6.45) is 1.91. The summed E-state index contributed by atoms with van der Waals surface area (Å²) >= 11 is 7.65. The van der Waals surface area contributed by atoms with Crippen LogP contribution in [0, 0.1) is 5.92 Å². The van der Waals surface area contributed by atoms with Gasteiger partial charge >= 0.3 is 0 Å². The number of carbonyl (C=O) groups is 2. The Morgan fingerprint density at radius 1 is 0.900 bits per heavy atom. The summed E-state index contributed by atoms with van der Waals surface area (Å²) in [7, 11) is 0. The molecule has 0 aromatic heterocycles. The maximum atomic E-state index is 13.2. The molecule has 2 amide bonds. The number of benzene rings is 3. The van der Waals surface area contributed by atoms with E-state index in [-0.39, 0.29) is 17.7 Å². The Bertz CT molecular complexity index is 1050. The van der Waals surface area contributed by atoms with Crippen LogP contribution in [-0.2, 0) is 9.59 Å². The Morgan fingerprint density at radius 3 is 2.37 bits per heavy atom. The fraction of sp³-hybridized carbons (Fsp3) is 0.167. The van der Waals surface area contributed by atoms with Gasteiger partial charge in [0.25, 0.3) is 0 Å². The van der Waals surface area contributed by atoms with Crippen molar-refractivity contribution in [1.82, 2.24) is 0 Å². The average molecular weight is 437 g/mol. The molecule has 6 heteroatoms. The van der Waals surface area contributed by atoms with Crippen LogP contribution in [0.4, 0.5) is 11.4 Å². The Morgan fingerprint density at radius 2 is 1.63 bits per heavy atom. The Hall–Kier alpha value is -2.76. The molecule has 0 radical (unpaired) electrons. The maximum Gasteiger partial charge on any atom is 0.242 e. The van der Waals surface area contributed by atoms with Gasteiger partial charge in [-0.3, -0.25) is 9.59 Å². The largest absolute Gasteiger partial charge is 0.326 e. The summed E-state index contributed by atoms with van der Waals surface area (Å²) in [5.41, 5.74) is 2.21. The highest BCUT2D eigenvalue weighted by atomic mass is 35.5. The maximum absolute atomic E-state index is 13.2. The summed E-state index contributed by atoms with van der Waals surface area (Å²) in [5.74, 6) is 0.0414. The first-order chi connectivity index (χ1) is 14.6. The summed E-state index contributed by atoms with van der Waals surface area (Å²) in [6, 6.07) is 24.4. The highest BCUT2D eigenvalue weighted by molar-refractivity contribution is 8.00. The lowest BCUT2D eigenvalue weighted by Crippen LogP contribution is -2.19. The molecule has 3 aromatic rings. The lowest BCUT2D eigenvalue weighted by Gasteiger charge is -2.18. The van der Waals surface area contributed by atoms with Crippen LogP contribution < -0.4 is 10.6 Å². The number of thioether (sulfide) groups is 1. The quantitative estimate of drug-likeness (QED) is 0.436. The van der Waals surface area contributed by atoms with Crippen molar-refractivity contribution in [3.05, 3.63) is 89.4 Å². The van der Waals surface area contributed by atoms with E-state index in [1.165, 1.54) is 11.8 Å². The molecule has 1 unspecified atom stereocenters.